The highest BCUT2D eigenvalue weighted by Crippen LogP contribution is 2.26. The van der Waals surface area contributed by atoms with Gasteiger partial charge in [0.1, 0.15) is 5.75 Å². The Morgan fingerprint density at radius 2 is 2.10 bits per heavy atom. The van der Waals surface area contributed by atoms with Gasteiger partial charge in [0.15, 0.2) is 0 Å². The van der Waals surface area contributed by atoms with E-state index in [2.05, 4.69) is 15.3 Å². The number of rotatable bonds is 4. The number of nitrogens with zero attached hydrogens (tertiary/aromatic N) is 3. The van der Waals surface area contributed by atoms with Gasteiger partial charge in [-0.2, -0.15) is 9.37 Å². The minimum absolute atomic E-state index is 0.119. The summed E-state index contributed by atoms with van der Waals surface area (Å²) < 4.78 is 18.8. The maximum absolute atomic E-state index is 13.5. The van der Waals surface area contributed by atoms with Crippen LogP contribution >= 0.6 is 0 Å². The molecular weight excluding hydrogens is 267 g/mol. The van der Waals surface area contributed by atoms with E-state index in [4.69, 9.17) is 4.74 Å². The summed E-state index contributed by atoms with van der Waals surface area (Å²) in [5, 5.41) is 13.3. The first-order chi connectivity index (χ1) is 9.49. The van der Waals surface area contributed by atoms with Crippen molar-refractivity contribution in [3.63, 3.8) is 0 Å². The van der Waals surface area contributed by atoms with Gasteiger partial charge in [0.2, 0.25) is 17.6 Å². The van der Waals surface area contributed by atoms with E-state index >= 15 is 0 Å². The molecule has 104 valence electrons. The number of anilines is 1. The molecule has 0 aliphatic carbocycles. The van der Waals surface area contributed by atoms with Gasteiger partial charge in [-0.3, -0.25) is 10.1 Å². The van der Waals surface area contributed by atoms with Gasteiger partial charge >= 0.3 is 5.69 Å². The summed E-state index contributed by atoms with van der Waals surface area (Å²) in [6.07, 6.45) is 0. The first-order valence-corrected chi connectivity index (χ1v) is 5.65. The van der Waals surface area contributed by atoms with Crippen LogP contribution in [0, 0.1) is 22.9 Å². The second-order valence-corrected chi connectivity index (χ2v) is 3.89. The van der Waals surface area contributed by atoms with Crippen LogP contribution in [0.1, 0.15) is 5.69 Å². The molecular formula is C12H11FN4O3. The third-order valence-corrected chi connectivity index (χ3v) is 2.39. The molecule has 0 aliphatic heterocycles. The van der Waals surface area contributed by atoms with Crippen molar-refractivity contribution >= 4 is 11.6 Å². The fraction of sp³-hybridized carbons (Fsp3) is 0.167. The van der Waals surface area contributed by atoms with Crippen molar-refractivity contribution in [3.8, 4) is 11.6 Å². The summed E-state index contributed by atoms with van der Waals surface area (Å²) in [6.45, 7) is 1.76. The van der Waals surface area contributed by atoms with Crippen LogP contribution < -0.4 is 10.1 Å². The average molecular weight is 278 g/mol. The summed E-state index contributed by atoms with van der Waals surface area (Å²) in [5.74, 6) is -0.266. The highest BCUT2D eigenvalue weighted by molar-refractivity contribution is 5.40. The molecule has 0 saturated heterocycles. The lowest BCUT2D eigenvalue weighted by molar-refractivity contribution is -0.387. The first kappa shape index (κ1) is 13.7. The molecule has 0 spiro atoms. The van der Waals surface area contributed by atoms with Crippen molar-refractivity contribution in [1.82, 2.24) is 9.97 Å². The largest absolute Gasteiger partial charge is 0.439 e. The maximum atomic E-state index is 13.5. The van der Waals surface area contributed by atoms with Gasteiger partial charge in [-0.1, -0.05) is 0 Å². The Hall–Kier alpha value is -2.77. The number of benzene rings is 1. The van der Waals surface area contributed by atoms with E-state index in [1.54, 1.807) is 20.0 Å². The highest BCUT2D eigenvalue weighted by Gasteiger charge is 2.15. The van der Waals surface area contributed by atoms with Crippen LogP contribution in [0.25, 0.3) is 0 Å². The Balaban J connectivity index is 2.28. The Kier molecular flexibility index (Phi) is 3.74. The lowest BCUT2D eigenvalue weighted by atomic mass is 10.3. The van der Waals surface area contributed by atoms with Crippen LogP contribution in [-0.4, -0.2) is 21.9 Å². The Morgan fingerprint density at radius 1 is 1.35 bits per heavy atom. The highest BCUT2D eigenvalue weighted by atomic mass is 19.1. The molecule has 0 radical (unpaired) electrons. The molecule has 0 unspecified atom stereocenters. The van der Waals surface area contributed by atoms with Crippen molar-refractivity contribution < 1.29 is 14.1 Å². The quantitative estimate of drug-likeness (QED) is 0.683. The van der Waals surface area contributed by atoms with E-state index in [1.807, 2.05) is 0 Å². The number of nitro groups is 1. The van der Waals surface area contributed by atoms with Crippen molar-refractivity contribution in [2.75, 3.05) is 12.4 Å². The summed E-state index contributed by atoms with van der Waals surface area (Å²) in [7, 11) is 1.66. The smallest absolute Gasteiger partial charge is 0.305 e. The van der Waals surface area contributed by atoms with Crippen LogP contribution in [0.4, 0.5) is 16.0 Å². The third-order valence-electron chi connectivity index (χ3n) is 2.39. The number of aromatic nitrogens is 2. The van der Waals surface area contributed by atoms with Gasteiger partial charge in [-0.05, 0) is 13.0 Å². The number of aryl methyl sites for hydroxylation is 1. The average Bonchev–Trinajstić information content (AvgIpc) is 2.37. The SMILES string of the molecule is CNc1nc(C)cc(Oc2ccc([N+](=O)[O-])c(F)c2)n1. The van der Waals surface area contributed by atoms with Crippen LogP contribution in [0.3, 0.4) is 0 Å². The van der Waals surface area contributed by atoms with Crippen molar-refractivity contribution in [1.29, 1.82) is 0 Å². The lowest BCUT2D eigenvalue weighted by Crippen LogP contribution is -2.00. The molecule has 1 heterocycles. The molecule has 20 heavy (non-hydrogen) atoms. The monoisotopic (exact) mass is 278 g/mol. The Bertz CT molecular complexity index is 663. The summed E-state index contributed by atoms with van der Waals surface area (Å²) in [4.78, 5) is 17.8. The zero-order chi connectivity index (χ0) is 14.7. The van der Waals surface area contributed by atoms with E-state index in [0.29, 0.717) is 11.6 Å². The van der Waals surface area contributed by atoms with E-state index in [-0.39, 0.29) is 11.6 Å². The van der Waals surface area contributed by atoms with Gasteiger partial charge < -0.3 is 10.1 Å². The zero-order valence-electron chi connectivity index (χ0n) is 10.8. The first-order valence-electron chi connectivity index (χ1n) is 5.65. The van der Waals surface area contributed by atoms with Crippen molar-refractivity contribution in [3.05, 3.63) is 45.9 Å². The summed E-state index contributed by atoms with van der Waals surface area (Å²) >= 11 is 0. The van der Waals surface area contributed by atoms with Gasteiger partial charge in [0.05, 0.1) is 4.92 Å². The normalized spacial score (nSPS) is 10.2. The molecule has 0 fully saturated rings. The second kappa shape index (κ2) is 5.47. The molecule has 0 bridgehead atoms. The van der Waals surface area contributed by atoms with Gasteiger partial charge in [0, 0.05) is 30.9 Å². The maximum Gasteiger partial charge on any atom is 0.305 e. The number of halogens is 1. The lowest BCUT2D eigenvalue weighted by Gasteiger charge is -2.07. The summed E-state index contributed by atoms with van der Waals surface area (Å²) in [6, 6.07) is 4.85. The fourth-order valence-corrected chi connectivity index (χ4v) is 1.52. The van der Waals surface area contributed by atoms with E-state index < -0.39 is 16.4 Å². The summed E-state index contributed by atoms with van der Waals surface area (Å²) in [5.41, 5.74) is 0.0638. The van der Waals surface area contributed by atoms with Crippen LogP contribution in [0.5, 0.6) is 11.6 Å². The number of ether oxygens (including phenoxy) is 1. The van der Waals surface area contributed by atoms with Gasteiger partial charge in [-0.15, -0.1) is 0 Å². The van der Waals surface area contributed by atoms with Crippen molar-refractivity contribution in [2.45, 2.75) is 6.92 Å². The molecule has 0 amide bonds. The third kappa shape index (κ3) is 2.97. The molecule has 1 N–H and O–H groups in total. The van der Waals surface area contributed by atoms with Gasteiger partial charge in [-0.25, -0.2) is 4.98 Å². The zero-order valence-corrected chi connectivity index (χ0v) is 10.8. The predicted molar refractivity (Wildman–Crippen MR) is 69.4 cm³/mol. The minimum atomic E-state index is -0.966. The van der Waals surface area contributed by atoms with Crippen molar-refractivity contribution in [2.24, 2.45) is 0 Å². The van der Waals surface area contributed by atoms with Crippen LogP contribution in [0.2, 0.25) is 0 Å². The molecule has 0 saturated carbocycles. The second-order valence-electron chi connectivity index (χ2n) is 3.89. The molecule has 1 aromatic heterocycles. The van der Waals surface area contributed by atoms with Crippen LogP contribution in [-0.2, 0) is 0 Å². The predicted octanol–water partition coefficient (Wildman–Crippen LogP) is 2.67. The molecule has 7 nitrogen and oxygen atoms in total. The molecule has 8 heteroatoms. The molecule has 0 atom stereocenters. The van der Waals surface area contributed by atoms with E-state index in [0.717, 1.165) is 12.1 Å². The van der Waals surface area contributed by atoms with Crippen LogP contribution in [0.15, 0.2) is 24.3 Å². The topological polar surface area (TPSA) is 90.2 Å². The molecule has 2 aromatic rings. The fourth-order valence-electron chi connectivity index (χ4n) is 1.52. The number of hydrogen-bond acceptors (Lipinski definition) is 6. The van der Waals surface area contributed by atoms with E-state index in [9.17, 15) is 14.5 Å². The molecule has 2 rings (SSSR count). The number of hydrogen-bond donors (Lipinski definition) is 1. The standard InChI is InChI=1S/C12H11FN4O3/c1-7-5-11(16-12(14-2)15-7)20-8-3-4-10(17(18)19)9(13)6-8/h3-6H,1-2H3,(H,14,15,16). The molecule has 0 aliphatic rings. The Labute approximate surface area is 113 Å². The number of nitro benzene ring substituents is 1. The molecule has 1 aromatic carbocycles. The van der Waals surface area contributed by atoms with Gasteiger partial charge in [0.25, 0.3) is 0 Å². The minimum Gasteiger partial charge on any atom is -0.439 e. The van der Waals surface area contributed by atoms with E-state index in [1.165, 1.54) is 6.07 Å². The Morgan fingerprint density at radius 3 is 2.70 bits per heavy atom. The number of nitrogens with one attached hydrogen (secondary N) is 1.